The predicted molar refractivity (Wildman–Crippen MR) is 153 cm³/mol. The molecule has 1 aliphatic carbocycles. The molecule has 0 bridgehead atoms. The number of aryl methyl sites for hydroxylation is 2. The molecule has 1 N–H and O–H groups in total. The second kappa shape index (κ2) is 10.9. The van der Waals surface area contributed by atoms with Crippen molar-refractivity contribution in [3.63, 3.8) is 0 Å². The summed E-state index contributed by atoms with van der Waals surface area (Å²) < 4.78 is 14.1. The standard InChI is InChI=1S/C32H34FN3O3S/c1-19-5-3-4-6-24(19)29(37)25-26(30-20(2)13-18-40-30)28(32(39)35-16-14-34-15-17-35)36(31(38)22-7-8-22)27(25)21-9-11-23(33)12-10-21/h3-6,9-13,18,22,25-28,34H,7-8,14-17H2,1-2H3. The zero-order chi connectivity index (χ0) is 28.0. The van der Waals surface area contributed by atoms with Crippen LogP contribution < -0.4 is 5.32 Å². The number of carbonyl (C=O) groups excluding carboxylic acids is 3. The zero-order valence-electron chi connectivity index (χ0n) is 22.8. The van der Waals surface area contributed by atoms with Crippen LogP contribution in [0.5, 0.6) is 0 Å². The minimum absolute atomic E-state index is 0.0814. The average molecular weight is 560 g/mol. The normalized spacial score (nSPS) is 24.8. The molecule has 8 heteroatoms. The van der Waals surface area contributed by atoms with Crippen molar-refractivity contribution in [3.8, 4) is 0 Å². The first kappa shape index (κ1) is 26.8. The summed E-state index contributed by atoms with van der Waals surface area (Å²) in [5.41, 5.74) is 3.13. The molecule has 1 aromatic heterocycles. The predicted octanol–water partition coefficient (Wildman–Crippen LogP) is 4.88. The molecule has 2 aromatic carbocycles. The summed E-state index contributed by atoms with van der Waals surface area (Å²) in [5, 5.41) is 5.29. The number of thiophene rings is 1. The van der Waals surface area contributed by atoms with Crippen LogP contribution in [0, 0.1) is 31.5 Å². The van der Waals surface area contributed by atoms with E-state index in [2.05, 4.69) is 5.32 Å². The molecule has 6 nitrogen and oxygen atoms in total. The van der Waals surface area contributed by atoms with Crippen molar-refractivity contribution in [2.75, 3.05) is 26.2 Å². The number of halogens is 1. The van der Waals surface area contributed by atoms with Gasteiger partial charge in [0.1, 0.15) is 11.9 Å². The maximum atomic E-state index is 14.7. The number of amides is 2. The number of likely N-dealkylation sites (tertiary alicyclic amines) is 1. The molecule has 3 aromatic rings. The van der Waals surface area contributed by atoms with Gasteiger partial charge < -0.3 is 15.1 Å². The summed E-state index contributed by atoms with van der Waals surface area (Å²) in [6, 6.07) is 14.1. The van der Waals surface area contributed by atoms with E-state index in [1.807, 2.05) is 54.5 Å². The molecule has 40 heavy (non-hydrogen) atoms. The number of piperazine rings is 1. The Morgan fingerprint density at radius 2 is 1.60 bits per heavy atom. The van der Waals surface area contributed by atoms with E-state index in [9.17, 15) is 18.8 Å². The molecule has 1 saturated carbocycles. The fourth-order valence-electron chi connectivity index (χ4n) is 6.47. The van der Waals surface area contributed by atoms with E-state index in [1.54, 1.807) is 17.0 Å². The third kappa shape index (κ3) is 4.77. The van der Waals surface area contributed by atoms with Crippen LogP contribution in [0.15, 0.2) is 60.0 Å². The van der Waals surface area contributed by atoms with E-state index in [4.69, 9.17) is 0 Å². The van der Waals surface area contributed by atoms with E-state index in [-0.39, 0.29) is 29.3 Å². The van der Waals surface area contributed by atoms with Gasteiger partial charge in [-0.05, 0) is 67.0 Å². The first-order valence-electron chi connectivity index (χ1n) is 14.1. The van der Waals surface area contributed by atoms with Crippen molar-refractivity contribution >= 4 is 28.9 Å². The number of hydrogen-bond donors (Lipinski definition) is 1. The maximum absolute atomic E-state index is 14.7. The Kier molecular flexibility index (Phi) is 7.31. The van der Waals surface area contributed by atoms with Gasteiger partial charge in [-0.25, -0.2) is 4.39 Å². The van der Waals surface area contributed by atoms with E-state index in [0.717, 1.165) is 28.8 Å². The lowest BCUT2D eigenvalue weighted by Crippen LogP contribution is -2.55. The van der Waals surface area contributed by atoms with Crippen molar-refractivity contribution in [2.24, 2.45) is 11.8 Å². The van der Waals surface area contributed by atoms with E-state index >= 15 is 0 Å². The highest BCUT2D eigenvalue weighted by Gasteiger charge is 2.60. The van der Waals surface area contributed by atoms with Crippen molar-refractivity contribution < 1.29 is 18.8 Å². The van der Waals surface area contributed by atoms with Gasteiger partial charge in [0.2, 0.25) is 11.8 Å². The number of benzene rings is 2. The Morgan fingerprint density at radius 1 is 0.900 bits per heavy atom. The van der Waals surface area contributed by atoms with Crippen LogP contribution in [0.2, 0.25) is 0 Å². The van der Waals surface area contributed by atoms with Gasteiger partial charge >= 0.3 is 0 Å². The number of carbonyl (C=O) groups is 3. The van der Waals surface area contributed by atoms with Gasteiger partial charge in [0, 0.05) is 48.5 Å². The molecule has 6 rings (SSSR count). The molecule has 2 amide bonds. The minimum Gasteiger partial charge on any atom is -0.338 e. The summed E-state index contributed by atoms with van der Waals surface area (Å²) in [4.78, 5) is 47.9. The van der Waals surface area contributed by atoms with Crippen LogP contribution in [-0.2, 0) is 9.59 Å². The molecule has 208 valence electrons. The van der Waals surface area contributed by atoms with Gasteiger partial charge in [0.05, 0.1) is 12.0 Å². The number of ketones is 1. The Morgan fingerprint density at radius 3 is 2.23 bits per heavy atom. The Bertz CT molecular complexity index is 1430. The molecule has 0 spiro atoms. The molecule has 2 aliphatic heterocycles. The number of nitrogens with one attached hydrogen (secondary N) is 1. The fraction of sp³-hybridized carbons (Fsp3) is 0.406. The van der Waals surface area contributed by atoms with Crippen LogP contribution in [0.4, 0.5) is 4.39 Å². The summed E-state index contributed by atoms with van der Waals surface area (Å²) in [6.07, 6.45) is 1.55. The highest BCUT2D eigenvalue weighted by molar-refractivity contribution is 7.10. The third-order valence-corrected chi connectivity index (χ3v) is 9.78. The van der Waals surface area contributed by atoms with Crippen LogP contribution in [-0.4, -0.2) is 59.6 Å². The summed E-state index contributed by atoms with van der Waals surface area (Å²) in [6.45, 7) is 6.39. The molecule has 3 aliphatic rings. The lowest BCUT2D eigenvalue weighted by atomic mass is 9.77. The smallest absolute Gasteiger partial charge is 0.246 e. The number of rotatable bonds is 6. The fourth-order valence-corrected chi connectivity index (χ4v) is 7.57. The van der Waals surface area contributed by atoms with Crippen LogP contribution >= 0.6 is 11.3 Å². The zero-order valence-corrected chi connectivity index (χ0v) is 23.6. The van der Waals surface area contributed by atoms with Gasteiger partial charge in [-0.15, -0.1) is 11.3 Å². The van der Waals surface area contributed by atoms with Crippen molar-refractivity contribution in [2.45, 2.75) is 44.7 Å². The Hall–Kier alpha value is -3.36. The average Bonchev–Trinajstić information content (AvgIpc) is 3.65. The van der Waals surface area contributed by atoms with Crippen molar-refractivity contribution in [1.82, 2.24) is 15.1 Å². The minimum atomic E-state index is -0.823. The molecule has 4 unspecified atom stereocenters. The second-order valence-electron chi connectivity index (χ2n) is 11.2. The lowest BCUT2D eigenvalue weighted by molar-refractivity contribution is -0.147. The lowest BCUT2D eigenvalue weighted by Gasteiger charge is -2.36. The first-order chi connectivity index (χ1) is 19.4. The van der Waals surface area contributed by atoms with Gasteiger partial charge in [-0.3, -0.25) is 14.4 Å². The molecule has 3 heterocycles. The third-order valence-electron chi connectivity index (χ3n) is 8.66. The highest BCUT2D eigenvalue weighted by atomic mass is 32.1. The summed E-state index contributed by atoms with van der Waals surface area (Å²) >= 11 is 1.54. The van der Waals surface area contributed by atoms with Gasteiger partial charge in [0.25, 0.3) is 0 Å². The quantitative estimate of drug-likeness (QED) is 0.437. The van der Waals surface area contributed by atoms with Gasteiger partial charge in [-0.1, -0.05) is 36.4 Å². The summed E-state index contributed by atoms with van der Waals surface area (Å²) in [7, 11) is 0. The number of hydrogen-bond acceptors (Lipinski definition) is 5. The van der Waals surface area contributed by atoms with Crippen LogP contribution in [0.25, 0.3) is 0 Å². The SMILES string of the molecule is Cc1ccccc1C(=O)C1C(c2sccc2C)C(C(=O)N2CCNCC2)N(C(=O)C2CC2)C1c1ccc(F)cc1. The largest absolute Gasteiger partial charge is 0.338 e. The van der Waals surface area contributed by atoms with Crippen molar-refractivity contribution in [1.29, 1.82) is 0 Å². The van der Waals surface area contributed by atoms with Crippen molar-refractivity contribution in [3.05, 3.63) is 92.9 Å². The van der Waals surface area contributed by atoms with E-state index in [1.165, 1.54) is 23.5 Å². The van der Waals surface area contributed by atoms with Gasteiger partial charge in [-0.2, -0.15) is 0 Å². The molecular weight excluding hydrogens is 525 g/mol. The van der Waals surface area contributed by atoms with Crippen LogP contribution in [0.3, 0.4) is 0 Å². The Balaban J connectivity index is 1.58. The number of Topliss-reactive ketones (excluding diaryl/α,β-unsaturated/α-hetero) is 1. The summed E-state index contributed by atoms with van der Waals surface area (Å²) in [5.74, 6) is -2.05. The van der Waals surface area contributed by atoms with E-state index in [0.29, 0.717) is 37.3 Å². The molecule has 0 radical (unpaired) electrons. The van der Waals surface area contributed by atoms with E-state index < -0.39 is 23.9 Å². The molecule has 4 atom stereocenters. The topological polar surface area (TPSA) is 69.7 Å². The molecule has 3 fully saturated rings. The first-order valence-corrected chi connectivity index (χ1v) is 15.0. The monoisotopic (exact) mass is 559 g/mol. The number of nitrogens with zero attached hydrogens (tertiary/aromatic N) is 2. The highest BCUT2D eigenvalue weighted by Crippen LogP contribution is 2.54. The van der Waals surface area contributed by atoms with Gasteiger partial charge in [0.15, 0.2) is 5.78 Å². The second-order valence-corrected chi connectivity index (χ2v) is 12.2. The maximum Gasteiger partial charge on any atom is 0.246 e. The molecule has 2 saturated heterocycles. The van der Waals surface area contributed by atoms with Crippen LogP contribution in [0.1, 0.15) is 56.7 Å². The molecular formula is C32H34FN3O3S. The Labute approximate surface area is 238 Å².